The van der Waals surface area contributed by atoms with Gasteiger partial charge in [-0.25, -0.2) is 44.1 Å². The molecule has 0 fully saturated rings. The average Bonchev–Trinajstić information content (AvgIpc) is 4.05. The Morgan fingerprint density at radius 3 is 1.95 bits per heavy atom. The van der Waals surface area contributed by atoms with Crippen molar-refractivity contribution in [3.05, 3.63) is 49.5 Å². The highest BCUT2D eigenvalue weighted by molar-refractivity contribution is 7.10. The molecule has 0 spiro atoms. The standard InChI is InChI=1S/C42H63N9O11S2Si2/c1-23-29(34-49-31(25(3)61-34)37(52)56-7)47-32(59-23)28-22-64-36(45-28)30-24(2)60-33(48-30)27-21-63-35(44-27)26(46-41(55)62-42(4,5)6)15-14-16-43-38(50-39(53)57-17-19-65(8,9)10)51-40(54)58-18-20-66(11,12)13/h21-24,26,29-30H,14-20H2,1-13H3,(H,46,55)(H2,43,50,51,53,54)/t23?,24?,26-,29?,30?/m0/s1. The molecule has 0 saturated heterocycles. The second kappa shape index (κ2) is 22.1. The van der Waals surface area contributed by atoms with Crippen molar-refractivity contribution in [3.63, 3.8) is 0 Å². The zero-order valence-electron chi connectivity index (χ0n) is 40.0. The minimum atomic E-state index is -1.46. The number of carbonyl (C=O) groups is 4. The van der Waals surface area contributed by atoms with E-state index < -0.39 is 70.2 Å². The highest BCUT2D eigenvalue weighted by atomic mass is 32.1. The molecule has 2 aliphatic heterocycles. The van der Waals surface area contributed by atoms with Crippen molar-refractivity contribution in [3.8, 4) is 0 Å². The predicted molar refractivity (Wildman–Crippen MR) is 255 cm³/mol. The Balaban J connectivity index is 1.28. The molecule has 0 radical (unpaired) electrons. The molecular weight excluding hydrogens is 927 g/mol. The van der Waals surface area contributed by atoms with Gasteiger partial charge in [0.15, 0.2) is 11.7 Å². The van der Waals surface area contributed by atoms with E-state index in [1.807, 2.05) is 24.6 Å². The van der Waals surface area contributed by atoms with E-state index in [0.717, 1.165) is 12.1 Å². The number of thiazole rings is 2. The zero-order chi connectivity index (χ0) is 48.6. The number of guanidine groups is 1. The molecule has 0 aromatic carbocycles. The zero-order valence-corrected chi connectivity index (χ0v) is 43.6. The van der Waals surface area contributed by atoms with E-state index in [9.17, 15) is 19.2 Å². The molecule has 3 aromatic heterocycles. The fourth-order valence-corrected chi connectivity index (χ4v) is 9.36. The molecule has 5 atom stereocenters. The Bertz CT molecular complexity index is 2260. The van der Waals surface area contributed by atoms with Crippen LogP contribution in [0.5, 0.6) is 0 Å². The first-order chi connectivity index (χ1) is 30.9. The van der Waals surface area contributed by atoms with Crippen LogP contribution in [0.4, 0.5) is 14.4 Å². The van der Waals surface area contributed by atoms with Gasteiger partial charge >= 0.3 is 24.2 Å². The summed E-state index contributed by atoms with van der Waals surface area (Å²) in [5.41, 5.74) is 0.339. The van der Waals surface area contributed by atoms with Gasteiger partial charge in [0.05, 0.1) is 26.4 Å². The van der Waals surface area contributed by atoms with E-state index in [4.69, 9.17) is 47.8 Å². The number of rotatable bonds is 17. The van der Waals surface area contributed by atoms with Crippen LogP contribution >= 0.6 is 22.7 Å². The Labute approximate surface area is 395 Å². The van der Waals surface area contributed by atoms with Crippen LogP contribution in [0.3, 0.4) is 0 Å². The summed E-state index contributed by atoms with van der Waals surface area (Å²) >= 11 is 2.71. The number of nitrogens with zero attached hydrogens (tertiary/aromatic N) is 6. The van der Waals surface area contributed by atoms with Crippen molar-refractivity contribution < 1.29 is 52.0 Å². The maximum absolute atomic E-state index is 13.1. The number of hydrogen-bond acceptors (Lipinski definition) is 19. The monoisotopic (exact) mass is 989 g/mol. The van der Waals surface area contributed by atoms with Gasteiger partial charge in [-0.2, -0.15) is 0 Å². The molecule has 0 bridgehead atoms. The molecule has 0 aliphatic carbocycles. The van der Waals surface area contributed by atoms with E-state index >= 15 is 0 Å². The molecule has 24 heteroatoms. The molecule has 3 aromatic rings. The molecule has 3 amide bonds. The van der Waals surface area contributed by atoms with Crippen molar-refractivity contribution >= 4 is 80.8 Å². The number of aryl methyl sites for hydroxylation is 1. The quantitative estimate of drug-likeness (QED) is 0.0287. The van der Waals surface area contributed by atoms with Gasteiger partial charge in [0.2, 0.25) is 23.6 Å². The van der Waals surface area contributed by atoms with Crippen molar-refractivity contribution in [2.24, 2.45) is 15.0 Å². The van der Waals surface area contributed by atoms with Crippen LogP contribution in [0, 0.1) is 6.92 Å². The maximum Gasteiger partial charge on any atom is 0.413 e. The van der Waals surface area contributed by atoms with E-state index in [-0.39, 0.29) is 43.4 Å². The molecule has 5 rings (SSSR count). The maximum atomic E-state index is 13.1. The number of hydrogen-bond donors (Lipinski definition) is 3. The number of amides is 3. The third-order valence-corrected chi connectivity index (χ3v) is 15.0. The lowest BCUT2D eigenvalue weighted by Crippen LogP contribution is -2.45. The van der Waals surface area contributed by atoms with Crippen LogP contribution in [0.25, 0.3) is 0 Å². The van der Waals surface area contributed by atoms with Gasteiger partial charge in [-0.15, -0.1) is 22.7 Å². The molecule has 362 valence electrons. The lowest BCUT2D eigenvalue weighted by Gasteiger charge is -2.22. The molecule has 5 heterocycles. The Hall–Kier alpha value is -5.21. The van der Waals surface area contributed by atoms with Crippen molar-refractivity contribution in [2.45, 2.75) is 142 Å². The lowest BCUT2D eigenvalue weighted by atomic mass is 10.1. The van der Waals surface area contributed by atoms with Crippen LogP contribution in [0.1, 0.15) is 109 Å². The van der Waals surface area contributed by atoms with Gasteiger partial charge in [-0.3, -0.25) is 15.6 Å². The number of nitrogens with one attached hydrogen (secondary N) is 3. The highest BCUT2D eigenvalue weighted by Gasteiger charge is 2.38. The third kappa shape index (κ3) is 15.4. The smallest absolute Gasteiger partial charge is 0.413 e. The number of esters is 1. The highest BCUT2D eigenvalue weighted by Crippen LogP contribution is 2.36. The summed E-state index contributed by atoms with van der Waals surface area (Å²) in [6.45, 7) is 24.4. The summed E-state index contributed by atoms with van der Waals surface area (Å²) in [5.74, 6) is 0.503. The Kier molecular flexibility index (Phi) is 17.3. The molecule has 0 saturated carbocycles. The van der Waals surface area contributed by atoms with E-state index in [0.29, 0.717) is 51.8 Å². The summed E-state index contributed by atoms with van der Waals surface area (Å²) in [7, 11) is -1.64. The van der Waals surface area contributed by atoms with Crippen LogP contribution in [-0.2, 0) is 28.4 Å². The SMILES string of the molecule is COC(=O)c1nc(C2N=C(c3csc(C4N=C(c5csc([C@H](CCCN=C(NC(=O)OCC[Si](C)(C)C)NC(=O)OCC[Si](C)(C)C)NC(=O)OC(C)(C)C)n5)OC4C)n3)OC2C)oc1C. The second-order valence-corrected chi connectivity index (χ2v) is 32.2. The van der Waals surface area contributed by atoms with Crippen molar-refractivity contribution in [1.82, 2.24) is 30.9 Å². The van der Waals surface area contributed by atoms with Crippen LogP contribution in [0.15, 0.2) is 30.2 Å². The van der Waals surface area contributed by atoms with Crippen LogP contribution in [0.2, 0.25) is 51.4 Å². The second-order valence-electron chi connectivity index (χ2n) is 19.2. The van der Waals surface area contributed by atoms with Crippen molar-refractivity contribution in [2.75, 3.05) is 26.9 Å². The lowest BCUT2D eigenvalue weighted by molar-refractivity contribution is 0.0499. The average molecular weight is 990 g/mol. The summed E-state index contributed by atoms with van der Waals surface area (Å²) in [6.07, 6.45) is -2.15. The van der Waals surface area contributed by atoms with Crippen molar-refractivity contribution in [1.29, 1.82) is 0 Å². The topological polar surface area (TPSA) is 249 Å². The molecule has 2 aliphatic rings. The largest absolute Gasteiger partial charge is 0.471 e. The van der Waals surface area contributed by atoms with E-state index in [2.05, 4.69) is 70.2 Å². The molecule has 3 N–H and O–H groups in total. The minimum absolute atomic E-state index is 0.0872. The molecular formula is C42H63N9O11S2Si2. The number of aromatic nitrogens is 3. The number of methoxy groups -OCH3 is 1. The van der Waals surface area contributed by atoms with Gasteiger partial charge in [-0.05, 0) is 66.5 Å². The number of aliphatic imine (C=N–C) groups is 3. The molecule has 4 unspecified atom stereocenters. The predicted octanol–water partition coefficient (Wildman–Crippen LogP) is 8.33. The Morgan fingerprint density at radius 2 is 1.38 bits per heavy atom. The number of alkyl carbamates (subject to hydrolysis) is 3. The third-order valence-electron chi connectivity index (χ3n) is 9.70. The van der Waals surface area contributed by atoms with Crippen LogP contribution < -0.4 is 16.0 Å². The summed E-state index contributed by atoms with van der Waals surface area (Å²) < 4.78 is 39.2. The van der Waals surface area contributed by atoms with Gasteiger partial charge in [-0.1, -0.05) is 39.3 Å². The summed E-state index contributed by atoms with van der Waals surface area (Å²) in [6, 6.07) is -0.0853. The van der Waals surface area contributed by atoms with E-state index in [1.54, 1.807) is 27.7 Å². The molecule has 20 nitrogen and oxygen atoms in total. The Morgan fingerprint density at radius 1 is 0.818 bits per heavy atom. The van der Waals surface area contributed by atoms with Gasteiger partial charge in [0.25, 0.3) is 0 Å². The first-order valence-electron chi connectivity index (χ1n) is 21.8. The molecule has 66 heavy (non-hydrogen) atoms. The minimum Gasteiger partial charge on any atom is -0.471 e. The number of ether oxygens (including phenoxy) is 6. The van der Waals surface area contributed by atoms with Gasteiger partial charge in [0, 0.05) is 33.5 Å². The fraction of sp³-hybridized carbons (Fsp3) is 0.619. The summed E-state index contributed by atoms with van der Waals surface area (Å²) in [5, 5.41) is 12.9. The van der Waals surface area contributed by atoms with Gasteiger partial charge < -0.3 is 38.2 Å². The first-order valence-corrected chi connectivity index (χ1v) is 30.9. The fourth-order valence-electron chi connectivity index (χ4n) is 6.14. The number of carbonyl (C=O) groups excluding carboxylic acids is 4. The number of oxazole rings is 1. The van der Waals surface area contributed by atoms with Gasteiger partial charge in [0.1, 0.15) is 51.0 Å². The first kappa shape index (κ1) is 51.8. The summed E-state index contributed by atoms with van der Waals surface area (Å²) in [4.78, 5) is 78.6. The van der Waals surface area contributed by atoms with Crippen LogP contribution in [-0.4, -0.2) is 118 Å². The normalized spacial score (nSPS) is 18.8. The van der Waals surface area contributed by atoms with E-state index in [1.165, 1.54) is 29.8 Å².